The number of hydrogen-bond acceptors (Lipinski definition) is 3. The van der Waals surface area contributed by atoms with E-state index in [0.29, 0.717) is 11.3 Å². The van der Waals surface area contributed by atoms with Crippen molar-refractivity contribution < 1.29 is 14.3 Å². The summed E-state index contributed by atoms with van der Waals surface area (Å²) < 4.78 is 5.26. The fourth-order valence-corrected chi connectivity index (χ4v) is 2.39. The summed E-state index contributed by atoms with van der Waals surface area (Å²) >= 11 is 0. The van der Waals surface area contributed by atoms with Crippen molar-refractivity contribution in [3.8, 4) is 5.75 Å². The summed E-state index contributed by atoms with van der Waals surface area (Å²) in [6.45, 7) is 2.01. The highest BCUT2D eigenvalue weighted by Gasteiger charge is 2.07. The van der Waals surface area contributed by atoms with Gasteiger partial charge in [-0.15, -0.1) is 0 Å². The van der Waals surface area contributed by atoms with Gasteiger partial charge in [0.2, 0.25) is 0 Å². The lowest BCUT2D eigenvalue weighted by Gasteiger charge is -2.06. The van der Waals surface area contributed by atoms with Crippen LogP contribution in [-0.4, -0.2) is 11.9 Å². The number of carbonyl (C=O) groups is 2. The number of hydrogen-bond donors (Lipinski definition) is 1. The van der Waals surface area contributed by atoms with Gasteiger partial charge in [0.15, 0.2) is 0 Å². The van der Waals surface area contributed by atoms with Gasteiger partial charge < -0.3 is 10.1 Å². The Hall–Kier alpha value is -3.66. The fraction of sp³-hybridized carbons (Fsp3) is 0.0435. The lowest BCUT2D eigenvalue weighted by Crippen LogP contribution is -2.11. The van der Waals surface area contributed by atoms with Crippen LogP contribution in [0.1, 0.15) is 21.5 Å². The van der Waals surface area contributed by atoms with Crippen molar-refractivity contribution in [2.24, 2.45) is 0 Å². The molecular weight excluding hydrogens is 338 g/mol. The van der Waals surface area contributed by atoms with Crippen molar-refractivity contribution >= 4 is 23.6 Å². The zero-order valence-electron chi connectivity index (χ0n) is 14.9. The third-order valence-corrected chi connectivity index (χ3v) is 3.86. The van der Waals surface area contributed by atoms with Crippen LogP contribution in [0.15, 0.2) is 84.9 Å². The Labute approximate surface area is 158 Å². The molecule has 0 spiro atoms. The quantitative estimate of drug-likeness (QED) is 0.403. The van der Waals surface area contributed by atoms with E-state index in [1.165, 1.54) is 6.08 Å². The first-order valence-electron chi connectivity index (χ1n) is 8.53. The molecule has 0 saturated carbocycles. The topological polar surface area (TPSA) is 55.4 Å². The minimum absolute atomic E-state index is 0.224. The number of amides is 1. The fourth-order valence-electron chi connectivity index (χ4n) is 2.39. The third-order valence-electron chi connectivity index (χ3n) is 3.86. The van der Waals surface area contributed by atoms with Gasteiger partial charge in [0, 0.05) is 17.3 Å². The summed E-state index contributed by atoms with van der Waals surface area (Å²) in [5, 5.41) is 2.80. The Morgan fingerprint density at radius 1 is 0.852 bits per heavy atom. The number of nitrogens with one attached hydrogen (secondary N) is 1. The molecule has 4 heteroatoms. The van der Waals surface area contributed by atoms with Crippen LogP contribution >= 0.6 is 0 Å². The number of carbonyl (C=O) groups excluding carboxylic acids is 2. The minimum atomic E-state index is -0.475. The predicted octanol–water partition coefficient (Wildman–Crippen LogP) is 4.87. The molecule has 0 radical (unpaired) electrons. The molecule has 0 fully saturated rings. The van der Waals surface area contributed by atoms with Crippen LogP contribution < -0.4 is 10.1 Å². The lowest BCUT2D eigenvalue weighted by molar-refractivity contribution is -0.128. The first kappa shape index (κ1) is 18.1. The standard InChI is InChI=1S/C23H19NO3/c1-17-7-9-18(10-8-17)11-16-22(25)27-21-14-12-19(13-15-21)23(26)24-20-5-3-2-4-6-20/h2-16H,1H3,(H,24,26)/b16-11+. The molecule has 1 amide bonds. The van der Waals surface area contributed by atoms with E-state index < -0.39 is 5.97 Å². The first-order chi connectivity index (χ1) is 13.1. The maximum atomic E-state index is 12.2. The minimum Gasteiger partial charge on any atom is -0.423 e. The molecule has 3 aromatic carbocycles. The van der Waals surface area contributed by atoms with Crippen molar-refractivity contribution in [3.05, 3.63) is 102 Å². The van der Waals surface area contributed by atoms with Crippen molar-refractivity contribution in [1.29, 1.82) is 0 Å². The highest BCUT2D eigenvalue weighted by atomic mass is 16.5. The summed E-state index contributed by atoms with van der Waals surface area (Å²) in [6, 6.07) is 23.4. The summed E-state index contributed by atoms with van der Waals surface area (Å²) in [6.07, 6.45) is 3.07. The predicted molar refractivity (Wildman–Crippen MR) is 107 cm³/mol. The monoisotopic (exact) mass is 357 g/mol. The maximum absolute atomic E-state index is 12.2. The van der Waals surface area contributed by atoms with Crippen molar-refractivity contribution in [2.75, 3.05) is 5.32 Å². The molecule has 0 aliphatic heterocycles. The molecule has 27 heavy (non-hydrogen) atoms. The van der Waals surface area contributed by atoms with Gasteiger partial charge in [0.05, 0.1) is 0 Å². The number of anilines is 1. The molecular formula is C23H19NO3. The van der Waals surface area contributed by atoms with Crippen molar-refractivity contribution in [2.45, 2.75) is 6.92 Å². The third kappa shape index (κ3) is 5.41. The molecule has 3 rings (SSSR count). The zero-order valence-corrected chi connectivity index (χ0v) is 14.9. The van der Waals surface area contributed by atoms with Gasteiger partial charge in [0.1, 0.15) is 5.75 Å². The van der Waals surface area contributed by atoms with Gasteiger partial charge in [0.25, 0.3) is 5.91 Å². The Bertz CT molecular complexity index is 943. The average Bonchev–Trinajstić information content (AvgIpc) is 2.69. The largest absolute Gasteiger partial charge is 0.423 e. The van der Waals surface area contributed by atoms with E-state index in [9.17, 15) is 9.59 Å². The van der Waals surface area contributed by atoms with E-state index in [0.717, 1.165) is 16.8 Å². The summed E-state index contributed by atoms with van der Waals surface area (Å²) in [5.41, 5.74) is 3.28. The maximum Gasteiger partial charge on any atom is 0.336 e. The molecule has 0 heterocycles. The smallest absolute Gasteiger partial charge is 0.336 e. The second kappa shape index (κ2) is 8.63. The molecule has 134 valence electrons. The molecule has 0 unspecified atom stereocenters. The Morgan fingerprint density at radius 3 is 2.19 bits per heavy atom. The summed E-state index contributed by atoms with van der Waals surface area (Å²) in [4.78, 5) is 24.1. The van der Waals surface area contributed by atoms with Gasteiger partial charge in [-0.1, -0.05) is 48.0 Å². The zero-order chi connectivity index (χ0) is 19.1. The SMILES string of the molecule is Cc1ccc(/C=C/C(=O)Oc2ccc(C(=O)Nc3ccccc3)cc2)cc1. The number of para-hydroxylation sites is 1. The first-order valence-corrected chi connectivity index (χ1v) is 8.53. The van der Waals surface area contributed by atoms with E-state index in [-0.39, 0.29) is 5.91 Å². The van der Waals surface area contributed by atoms with E-state index in [2.05, 4.69) is 5.32 Å². The number of benzene rings is 3. The van der Waals surface area contributed by atoms with Gasteiger partial charge in [-0.25, -0.2) is 4.79 Å². The van der Waals surface area contributed by atoms with Crippen LogP contribution in [0.2, 0.25) is 0 Å². The summed E-state index contributed by atoms with van der Waals surface area (Å²) in [5.74, 6) is -0.319. The van der Waals surface area contributed by atoms with Crippen LogP contribution in [-0.2, 0) is 4.79 Å². The molecule has 0 aromatic heterocycles. The van der Waals surface area contributed by atoms with E-state index in [1.54, 1.807) is 30.3 Å². The Balaban J connectivity index is 1.57. The van der Waals surface area contributed by atoms with Crippen LogP contribution in [0.4, 0.5) is 5.69 Å². The second-order valence-corrected chi connectivity index (χ2v) is 6.01. The molecule has 0 aliphatic carbocycles. The van der Waals surface area contributed by atoms with Crippen LogP contribution in [0, 0.1) is 6.92 Å². The van der Waals surface area contributed by atoms with Crippen LogP contribution in [0.3, 0.4) is 0 Å². The molecule has 0 saturated heterocycles. The van der Waals surface area contributed by atoms with E-state index in [1.807, 2.05) is 61.5 Å². The highest BCUT2D eigenvalue weighted by molar-refractivity contribution is 6.04. The average molecular weight is 357 g/mol. The van der Waals surface area contributed by atoms with Gasteiger partial charge in [-0.05, 0) is 55.0 Å². The van der Waals surface area contributed by atoms with Gasteiger partial charge >= 0.3 is 5.97 Å². The number of aryl methyl sites for hydroxylation is 1. The summed E-state index contributed by atoms with van der Waals surface area (Å²) in [7, 11) is 0. The normalized spacial score (nSPS) is 10.6. The van der Waals surface area contributed by atoms with Gasteiger partial charge in [-0.3, -0.25) is 4.79 Å². The number of rotatable bonds is 5. The van der Waals surface area contributed by atoms with Crippen LogP contribution in [0.5, 0.6) is 5.75 Å². The number of esters is 1. The second-order valence-electron chi connectivity index (χ2n) is 6.01. The highest BCUT2D eigenvalue weighted by Crippen LogP contribution is 2.15. The van der Waals surface area contributed by atoms with Crippen molar-refractivity contribution in [3.63, 3.8) is 0 Å². The number of ether oxygens (including phenoxy) is 1. The molecule has 1 N–H and O–H groups in total. The molecule has 4 nitrogen and oxygen atoms in total. The lowest BCUT2D eigenvalue weighted by atomic mass is 10.1. The van der Waals surface area contributed by atoms with Crippen molar-refractivity contribution in [1.82, 2.24) is 0 Å². The van der Waals surface area contributed by atoms with Gasteiger partial charge in [-0.2, -0.15) is 0 Å². The molecule has 0 aliphatic rings. The molecule has 0 bridgehead atoms. The molecule has 3 aromatic rings. The Morgan fingerprint density at radius 2 is 1.52 bits per heavy atom. The Kier molecular flexibility index (Phi) is 5.80. The van der Waals surface area contributed by atoms with E-state index in [4.69, 9.17) is 4.74 Å². The van der Waals surface area contributed by atoms with Crippen LogP contribution in [0.25, 0.3) is 6.08 Å². The molecule has 0 atom stereocenters. The van der Waals surface area contributed by atoms with E-state index >= 15 is 0 Å².